The highest BCUT2D eigenvalue weighted by Crippen LogP contribution is 2.24. The molecule has 1 aliphatic rings. The van der Waals surface area contributed by atoms with E-state index in [-0.39, 0.29) is 0 Å². The summed E-state index contributed by atoms with van der Waals surface area (Å²) < 4.78 is 5.83. The van der Waals surface area contributed by atoms with Gasteiger partial charge in [0.25, 0.3) is 0 Å². The maximum absolute atomic E-state index is 5.83. The Morgan fingerprint density at radius 1 is 1.65 bits per heavy atom. The zero-order chi connectivity index (χ0) is 12.1. The summed E-state index contributed by atoms with van der Waals surface area (Å²) in [6, 6.07) is 0. The Hall–Kier alpha value is -0.650. The van der Waals surface area contributed by atoms with E-state index in [4.69, 9.17) is 10.5 Å². The predicted molar refractivity (Wildman–Crippen MR) is 71.5 cm³/mol. The van der Waals surface area contributed by atoms with Gasteiger partial charge in [0, 0.05) is 31.6 Å². The Kier molecular flexibility index (Phi) is 4.76. The molecule has 1 aromatic heterocycles. The quantitative estimate of drug-likeness (QED) is 0.874. The number of hydrogen-bond acceptors (Lipinski definition) is 5. The minimum Gasteiger partial charge on any atom is -0.376 e. The van der Waals surface area contributed by atoms with Crippen LogP contribution in [0.15, 0.2) is 5.38 Å². The van der Waals surface area contributed by atoms with Gasteiger partial charge in [-0.15, -0.1) is 11.3 Å². The van der Waals surface area contributed by atoms with Crippen molar-refractivity contribution in [1.82, 2.24) is 4.98 Å². The molecule has 2 N–H and O–H groups in total. The largest absolute Gasteiger partial charge is 0.376 e. The van der Waals surface area contributed by atoms with Gasteiger partial charge in [-0.3, -0.25) is 0 Å². The third kappa shape index (κ3) is 3.40. The third-order valence-electron chi connectivity index (χ3n) is 2.96. The van der Waals surface area contributed by atoms with Gasteiger partial charge >= 0.3 is 0 Å². The lowest BCUT2D eigenvalue weighted by Crippen LogP contribution is -2.39. The molecule has 1 aromatic rings. The molecule has 0 bridgehead atoms. The van der Waals surface area contributed by atoms with E-state index >= 15 is 0 Å². The molecule has 1 aliphatic heterocycles. The Labute approximate surface area is 107 Å². The fourth-order valence-corrected chi connectivity index (χ4v) is 2.94. The zero-order valence-electron chi connectivity index (χ0n) is 10.4. The van der Waals surface area contributed by atoms with E-state index in [1.54, 1.807) is 11.3 Å². The lowest BCUT2D eigenvalue weighted by Gasteiger charge is -2.32. The molecule has 2 heterocycles. The fraction of sp³-hybridized carbons (Fsp3) is 0.750. The molecule has 0 radical (unpaired) electrons. The van der Waals surface area contributed by atoms with Crippen LogP contribution in [-0.2, 0) is 11.3 Å². The second-order valence-corrected chi connectivity index (χ2v) is 5.24. The van der Waals surface area contributed by atoms with Crippen molar-refractivity contribution >= 4 is 16.5 Å². The number of nitrogens with zero attached hydrogens (tertiary/aromatic N) is 2. The summed E-state index contributed by atoms with van der Waals surface area (Å²) in [4.78, 5) is 6.86. The topological polar surface area (TPSA) is 51.4 Å². The van der Waals surface area contributed by atoms with Crippen LogP contribution < -0.4 is 10.6 Å². The van der Waals surface area contributed by atoms with E-state index in [0.29, 0.717) is 12.6 Å². The standard InChI is InChI=1S/C12H21N3OS/c1-2-6-16-11-4-3-5-15(8-11)12-14-10(7-13)9-17-12/h9,11H,2-8,13H2,1H3. The van der Waals surface area contributed by atoms with Crippen molar-refractivity contribution in [2.75, 3.05) is 24.6 Å². The second-order valence-electron chi connectivity index (χ2n) is 4.41. The molecule has 5 heteroatoms. The van der Waals surface area contributed by atoms with Gasteiger partial charge in [0.2, 0.25) is 0 Å². The summed E-state index contributed by atoms with van der Waals surface area (Å²) in [7, 11) is 0. The van der Waals surface area contributed by atoms with Crippen LogP contribution >= 0.6 is 11.3 Å². The van der Waals surface area contributed by atoms with Gasteiger partial charge in [-0.1, -0.05) is 6.92 Å². The summed E-state index contributed by atoms with van der Waals surface area (Å²) in [5, 5.41) is 3.14. The lowest BCUT2D eigenvalue weighted by atomic mass is 10.1. The number of piperidine rings is 1. The van der Waals surface area contributed by atoms with Gasteiger partial charge in [-0.05, 0) is 19.3 Å². The average molecular weight is 255 g/mol. The van der Waals surface area contributed by atoms with Crippen molar-refractivity contribution in [3.05, 3.63) is 11.1 Å². The number of ether oxygens (including phenoxy) is 1. The van der Waals surface area contributed by atoms with Crippen molar-refractivity contribution < 1.29 is 4.74 Å². The van der Waals surface area contributed by atoms with Crippen molar-refractivity contribution in [3.8, 4) is 0 Å². The number of thiazole rings is 1. The molecule has 0 aliphatic carbocycles. The van der Waals surface area contributed by atoms with Gasteiger partial charge in [0.15, 0.2) is 5.13 Å². The van der Waals surface area contributed by atoms with E-state index in [2.05, 4.69) is 16.8 Å². The van der Waals surface area contributed by atoms with Crippen LogP contribution in [0.1, 0.15) is 31.9 Å². The van der Waals surface area contributed by atoms with Crippen molar-refractivity contribution in [1.29, 1.82) is 0 Å². The molecule has 1 saturated heterocycles. The smallest absolute Gasteiger partial charge is 0.185 e. The molecule has 4 nitrogen and oxygen atoms in total. The summed E-state index contributed by atoms with van der Waals surface area (Å²) >= 11 is 1.69. The van der Waals surface area contributed by atoms with Gasteiger partial charge in [-0.2, -0.15) is 0 Å². The minimum atomic E-state index is 0.369. The highest BCUT2D eigenvalue weighted by Gasteiger charge is 2.22. The first-order valence-electron chi connectivity index (χ1n) is 6.34. The molecular weight excluding hydrogens is 234 g/mol. The van der Waals surface area contributed by atoms with Crippen LogP contribution in [0.25, 0.3) is 0 Å². The summed E-state index contributed by atoms with van der Waals surface area (Å²) in [5.41, 5.74) is 6.57. The van der Waals surface area contributed by atoms with E-state index in [1.807, 2.05) is 5.38 Å². The highest BCUT2D eigenvalue weighted by atomic mass is 32.1. The maximum atomic E-state index is 5.83. The van der Waals surface area contributed by atoms with Gasteiger partial charge < -0.3 is 15.4 Å². The molecule has 0 saturated carbocycles. The number of hydrogen-bond donors (Lipinski definition) is 1. The fourth-order valence-electron chi connectivity index (χ4n) is 2.07. The maximum Gasteiger partial charge on any atom is 0.185 e. The van der Waals surface area contributed by atoms with Crippen LogP contribution in [0, 0.1) is 0 Å². The van der Waals surface area contributed by atoms with E-state index < -0.39 is 0 Å². The first-order valence-corrected chi connectivity index (χ1v) is 7.22. The molecule has 1 fully saturated rings. The highest BCUT2D eigenvalue weighted by molar-refractivity contribution is 7.13. The minimum absolute atomic E-state index is 0.369. The molecule has 0 amide bonds. The van der Waals surface area contributed by atoms with Crippen molar-refractivity contribution in [3.63, 3.8) is 0 Å². The van der Waals surface area contributed by atoms with Crippen LogP contribution in [0.4, 0.5) is 5.13 Å². The molecular formula is C12H21N3OS. The van der Waals surface area contributed by atoms with E-state index in [0.717, 1.165) is 36.9 Å². The Balaban J connectivity index is 1.92. The molecule has 1 atom stereocenters. The summed E-state index contributed by atoms with van der Waals surface area (Å²) in [6.45, 7) is 5.60. The van der Waals surface area contributed by atoms with Crippen LogP contribution in [0.5, 0.6) is 0 Å². The predicted octanol–water partition coefficient (Wildman–Crippen LogP) is 2.00. The zero-order valence-corrected chi connectivity index (χ0v) is 11.2. The van der Waals surface area contributed by atoms with Gasteiger partial charge in [0.1, 0.15) is 0 Å². The van der Waals surface area contributed by atoms with Crippen molar-refractivity contribution in [2.24, 2.45) is 5.73 Å². The van der Waals surface area contributed by atoms with Crippen LogP contribution in [-0.4, -0.2) is 30.8 Å². The molecule has 17 heavy (non-hydrogen) atoms. The molecule has 0 aromatic carbocycles. The molecule has 1 unspecified atom stereocenters. The van der Waals surface area contributed by atoms with E-state index in [9.17, 15) is 0 Å². The van der Waals surface area contributed by atoms with Gasteiger partial charge in [0.05, 0.1) is 11.8 Å². The first kappa shape index (κ1) is 12.8. The number of nitrogens with two attached hydrogens (primary N) is 1. The molecule has 0 spiro atoms. The Bertz CT molecular complexity index is 342. The first-order chi connectivity index (χ1) is 8.33. The van der Waals surface area contributed by atoms with Crippen LogP contribution in [0.3, 0.4) is 0 Å². The van der Waals surface area contributed by atoms with E-state index in [1.165, 1.54) is 12.8 Å². The van der Waals surface area contributed by atoms with Crippen LogP contribution in [0.2, 0.25) is 0 Å². The molecule has 2 rings (SSSR count). The lowest BCUT2D eigenvalue weighted by molar-refractivity contribution is 0.0440. The Morgan fingerprint density at radius 2 is 2.53 bits per heavy atom. The number of aromatic nitrogens is 1. The van der Waals surface area contributed by atoms with Gasteiger partial charge in [-0.25, -0.2) is 4.98 Å². The number of rotatable bonds is 5. The normalized spacial score (nSPS) is 20.8. The second kappa shape index (κ2) is 6.33. The monoisotopic (exact) mass is 255 g/mol. The summed E-state index contributed by atoms with van der Waals surface area (Å²) in [5.74, 6) is 0. The SMILES string of the molecule is CCCOC1CCCN(c2nc(CN)cs2)C1. The third-order valence-corrected chi connectivity index (χ3v) is 3.91. The molecule has 96 valence electrons. The number of anilines is 1. The summed E-state index contributed by atoms with van der Waals surface area (Å²) in [6.07, 6.45) is 3.82. The van der Waals surface area contributed by atoms with Crippen molar-refractivity contribution in [2.45, 2.75) is 38.8 Å². The average Bonchev–Trinajstić information content (AvgIpc) is 2.85. The Morgan fingerprint density at radius 3 is 3.24 bits per heavy atom.